The minimum absolute atomic E-state index is 0.0366. The third kappa shape index (κ3) is 2.89. The van der Waals surface area contributed by atoms with Crippen LogP contribution in [0.25, 0.3) is 0 Å². The van der Waals surface area contributed by atoms with Gasteiger partial charge in [0.2, 0.25) is 11.9 Å². The maximum atomic E-state index is 13.9. The molecule has 0 radical (unpaired) electrons. The second-order valence-electron chi connectivity index (χ2n) is 9.25. The molecule has 2 bridgehead atoms. The van der Waals surface area contributed by atoms with E-state index in [4.69, 9.17) is 0 Å². The summed E-state index contributed by atoms with van der Waals surface area (Å²) in [6, 6.07) is 13.1. The Morgan fingerprint density at radius 2 is 1.78 bits per heavy atom. The van der Waals surface area contributed by atoms with Crippen LogP contribution in [-0.2, 0) is 24.9 Å². The number of benzene rings is 1. The fraction of sp³-hybridized carbons (Fsp3) is 0.417. The molecule has 8 nitrogen and oxygen atoms in total. The van der Waals surface area contributed by atoms with Gasteiger partial charge in [0, 0.05) is 56.8 Å². The molecule has 0 N–H and O–H groups in total. The molecular weight excluding hydrogens is 404 g/mol. The van der Waals surface area contributed by atoms with Crippen molar-refractivity contribution in [3.63, 3.8) is 0 Å². The number of fused-ring (bicyclic) bond motifs is 5. The SMILES string of the molecule is Cc1nc(N2C[C@@H]3C[C@H](C2)[C@H](C(=O)N2Cc4ccccc4C2)n2c3cccc2=O)n(C)n1. The Hall–Kier alpha value is -3.42. The smallest absolute Gasteiger partial charge is 0.251 e. The molecule has 0 saturated carbocycles. The van der Waals surface area contributed by atoms with Crippen LogP contribution in [0.1, 0.15) is 41.0 Å². The molecule has 3 aliphatic heterocycles. The maximum absolute atomic E-state index is 13.9. The van der Waals surface area contributed by atoms with Gasteiger partial charge in [-0.15, -0.1) is 0 Å². The number of aromatic nitrogens is 4. The lowest BCUT2D eigenvalue weighted by Crippen LogP contribution is -2.54. The topological polar surface area (TPSA) is 76.3 Å². The third-order valence-electron chi connectivity index (χ3n) is 7.18. The zero-order valence-corrected chi connectivity index (χ0v) is 18.3. The highest BCUT2D eigenvalue weighted by atomic mass is 16.2. The van der Waals surface area contributed by atoms with Gasteiger partial charge in [-0.2, -0.15) is 10.1 Å². The highest BCUT2D eigenvalue weighted by Gasteiger charge is 2.46. The molecule has 3 aliphatic rings. The molecule has 2 aromatic heterocycles. The number of aryl methyl sites for hydroxylation is 2. The Morgan fingerprint density at radius 3 is 2.47 bits per heavy atom. The highest BCUT2D eigenvalue weighted by molar-refractivity contribution is 5.82. The third-order valence-corrected chi connectivity index (χ3v) is 7.18. The van der Waals surface area contributed by atoms with Crippen LogP contribution >= 0.6 is 0 Å². The first-order valence-electron chi connectivity index (χ1n) is 11.2. The standard InChI is InChI=1S/C24H26N6O2/c1-15-25-24(27(2)26-15)29-13-18-10-19(14-29)22(30-20(18)8-5-9-21(30)31)23(32)28-11-16-6-3-4-7-17(16)12-28/h3-9,18-19,22H,10-14H2,1-2H3/t18-,19+,22+/m0/s1. The van der Waals surface area contributed by atoms with E-state index in [1.165, 1.54) is 11.1 Å². The lowest BCUT2D eigenvalue weighted by Gasteiger charge is -2.47. The van der Waals surface area contributed by atoms with Crippen molar-refractivity contribution in [2.75, 3.05) is 18.0 Å². The van der Waals surface area contributed by atoms with Gasteiger partial charge >= 0.3 is 0 Å². The fourth-order valence-electron chi connectivity index (χ4n) is 5.87. The summed E-state index contributed by atoms with van der Waals surface area (Å²) in [5.41, 5.74) is 3.24. The molecule has 32 heavy (non-hydrogen) atoms. The number of carbonyl (C=O) groups excluding carboxylic acids is 1. The minimum Gasteiger partial charge on any atom is -0.340 e. The number of hydrogen-bond acceptors (Lipinski definition) is 5. The molecule has 0 aliphatic carbocycles. The number of nitrogens with zero attached hydrogens (tertiary/aromatic N) is 6. The van der Waals surface area contributed by atoms with Gasteiger partial charge in [0.1, 0.15) is 11.9 Å². The molecular formula is C24H26N6O2. The normalized spacial score (nSPS) is 23.8. The first kappa shape index (κ1) is 19.3. The van der Waals surface area contributed by atoms with E-state index in [1.807, 2.05) is 47.8 Å². The number of pyridine rings is 1. The molecule has 1 fully saturated rings. The van der Waals surface area contributed by atoms with Crippen molar-refractivity contribution in [2.45, 2.75) is 38.4 Å². The van der Waals surface area contributed by atoms with Gasteiger partial charge in [-0.1, -0.05) is 30.3 Å². The average molecular weight is 431 g/mol. The van der Waals surface area contributed by atoms with Gasteiger partial charge in [-0.3, -0.25) is 14.2 Å². The largest absolute Gasteiger partial charge is 0.340 e. The van der Waals surface area contributed by atoms with Crippen molar-refractivity contribution in [1.29, 1.82) is 0 Å². The Balaban J connectivity index is 1.39. The van der Waals surface area contributed by atoms with Crippen molar-refractivity contribution in [2.24, 2.45) is 13.0 Å². The van der Waals surface area contributed by atoms with Gasteiger partial charge in [0.15, 0.2) is 0 Å². The molecule has 3 aromatic rings. The Kier molecular flexibility index (Phi) is 4.25. The van der Waals surface area contributed by atoms with E-state index in [0.29, 0.717) is 19.6 Å². The molecule has 164 valence electrons. The summed E-state index contributed by atoms with van der Waals surface area (Å²) in [5, 5.41) is 4.41. The molecule has 0 spiro atoms. The lowest BCUT2D eigenvalue weighted by atomic mass is 9.78. The lowest BCUT2D eigenvalue weighted by molar-refractivity contribution is -0.138. The molecule has 0 unspecified atom stereocenters. The number of rotatable bonds is 2. The van der Waals surface area contributed by atoms with E-state index < -0.39 is 6.04 Å². The number of hydrogen-bond donors (Lipinski definition) is 0. The van der Waals surface area contributed by atoms with E-state index in [2.05, 4.69) is 27.1 Å². The fourth-order valence-corrected chi connectivity index (χ4v) is 5.87. The second-order valence-corrected chi connectivity index (χ2v) is 9.25. The predicted octanol–water partition coefficient (Wildman–Crippen LogP) is 1.99. The first-order valence-corrected chi connectivity index (χ1v) is 11.2. The van der Waals surface area contributed by atoms with Crippen molar-refractivity contribution < 1.29 is 4.79 Å². The van der Waals surface area contributed by atoms with E-state index >= 15 is 0 Å². The zero-order chi connectivity index (χ0) is 22.0. The minimum atomic E-state index is -0.499. The zero-order valence-electron chi connectivity index (χ0n) is 18.3. The van der Waals surface area contributed by atoms with Crippen LogP contribution in [0.3, 0.4) is 0 Å². The van der Waals surface area contributed by atoms with E-state index in [9.17, 15) is 9.59 Å². The molecule has 6 rings (SSSR count). The van der Waals surface area contributed by atoms with Crippen LogP contribution in [0, 0.1) is 12.8 Å². The summed E-state index contributed by atoms with van der Waals surface area (Å²) >= 11 is 0. The van der Waals surface area contributed by atoms with Crippen LogP contribution < -0.4 is 10.5 Å². The van der Waals surface area contributed by atoms with Crippen LogP contribution in [0.5, 0.6) is 0 Å². The molecule has 1 aromatic carbocycles. The monoisotopic (exact) mass is 430 g/mol. The van der Waals surface area contributed by atoms with Crippen molar-refractivity contribution >= 4 is 11.9 Å². The number of anilines is 1. The van der Waals surface area contributed by atoms with Gasteiger partial charge in [0.25, 0.3) is 5.56 Å². The van der Waals surface area contributed by atoms with Gasteiger partial charge in [0.05, 0.1) is 0 Å². The summed E-state index contributed by atoms with van der Waals surface area (Å²) in [5.74, 6) is 1.81. The molecule has 3 atom stereocenters. The van der Waals surface area contributed by atoms with Crippen LogP contribution in [0.15, 0.2) is 47.3 Å². The van der Waals surface area contributed by atoms with Crippen LogP contribution in [0.4, 0.5) is 5.95 Å². The highest BCUT2D eigenvalue weighted by Crippen LogP contribution is 2.43. The van der Waals surface area contributed by atoms with Gasteiger partial charge < -0.3 is 9.80 Å². The van der Waals surface area contributed by atoms with Crippen molar-refractivity contribution in [3.8, 4) is 0 Å². The van der Waals surface area contributed by atoms with E-state index in [1.54, 1.807) is 10.6 Å². The van der Waals surface area contributed by atoms with E-state index in [0.717, 1.165) is 30.4 Å². The van der Waals surface area contributed by atoms with Crippen molar-refractivity contribution in [1.82, 2.24) is 24.2 Å². The number of piperidine rings is 1. The Labute approximate surface area is 186 Å². The number of carbonyl (C=O) groups is 1. The summed E-state index contributed by atoms with van der Waals surface area (Å²) in [7, 11) is 1.91. The van der Waals surface area contributed by atoms with Gasteiger partial charge in [-0.25, -0.2) is 4.68 Å². The molecule has 1 amide bonds. The first-order chi connectivity index (χ1) is 15.5. The quantitative estimate of drug-likeness (QED) is 0.622. The van der Waals surface area contributed by atoms with Gasteiger partial charge in [-0.05, 0) is 30.5 Å². The molecule has 1 saturated heterocycles. The molecule has 8 heteroatoms. The number of amides is 1. The van der Waals surface area contributed by atoms with Crippen LogP contribution in [-0.4, -0.2) is 43.2 Å². The summed E-state index contributed by atoms with van der Waals surface area (Å²) in [6.45, 7) is 4.54. The molecule has 5 heterocycles. The predicted molar refractivity (Wildman–Crippen MR) is 119 cm³/mol. The van der Waals surface area contributed by atoms with Crippen molar-refractivity contribution in [3.05, 3.63) is 75.5 Å². The summed E-state index contributed by atoms with van der Waals surface area (Å²) < 4.78 is 3.59. The maximum Gasteiger partial charge on any atom is 0.251 e. The Bertz CT molecular complexity index is 1250. The second kappa shape index (κ2) is 7.05. The van der Waals surface area contributed by atoms with Crippen LogP contribution in [0.2, 0.25) is 0 Å². The summed E-state index contributed by atoms with van der Waals surface area (Å²) in [6.07, 6.45) is 0.897. The summed E-state index contributed by atoms with van der Waals surface area (Å²) in [4.78, 5) is 35.7. The Morgan fingerprint density at radius 1 is 1.03 bits per heavy atom. The van der Waals surface area contributed by atoms with E-state index in [-0.39, 0.29) is 23.3 Å². The average Bonchev–Trinajstić information content (AvgIpc) is 3.36.